The molecule has 1 unspecified atom stereocenters. The van der Waals surface area contributed by atoms with Crippen molar-refractivity contribution in [2.24, 2.45) is 0 Å². The Kier molecular flexibility index (Phi) is 6.02. The van der Waals surface area contributed by atoms with Crippen LogP contribution < -0.4 is 0 Å². The Labute approximate surface area is 144 Å². The number of phenols is 1. The minimum Gasteiger partial charge on any atom is -0.508 e. The van der Waals surface area contributed by atoms with Crippen LogP contribution in [0.3, 0.4) is 0 Å². The lowest BCUT2D eigenvalue weighted by Crippen LogP contribution is -2.09. The maximum absolute atomic E-state index is 11.6. The van der Waals surface area contributed by atoms with E-state index in [-0.39, 0.29) is 5.75 Å². The maximum Gasteiger partial charge on any atom is 0.335 e. The summed E-state index contributed by atoms with van der Waals surface area (Å²) in [6, 6.07) is 10.7. The standard InChI is InChI=1S/C21H26O3/c1-4-6-7-14(3)20-17(5-2)19(21(23)24)13-12-18(20)15-8-10-16(22)11-9-15/h8-14,22H,4-7H2,1-3H3,(H,23,24). The van der Waals surface area contributed by atoms with E-state index in [1.807, 2.05) is 25.1 Å². The van der Waals surface area contributed by atoms with Crippen LogP contribution in [-0.2, 0) is 6.42 Å². The Morgan fingerprint density at radius 3 is 2.29 bits per heavy atom. The van der Waals surface area contributed by atoms with Crippen LogP contribution in [-0.4, -0.2) is 16.2 Å². The minimum atomic E-state index is -0.868. The van der Waals surface area contributed by atoms with E-state index in [1.54, 1.807) is 18.2 Å². The summed E-state index contributed by atoms with van der Waals surface area (Å²) < 4.78 is 0. The molecule has 3 nitrogen and oxygen atoms in total. The van der Waals surface area contributed by atoms with Gasteiger partial charge in [-0.1, -0.05) is 51.8 Å². The second kappa shape index (κ2) is 8.00. The molecule has 0 aliphatic rings. The molecule has 0 bridgehead atoms. The summed E-state index contributed by atoms with van der Waals surface area (Å²) in [4.78, 5) is 11.6. The van der Waals surface area contributed by atoms with Crippen molar-refractivity contribution in [1.29, 1.82) is 0 Å². The molecule has 2 N–H and O–H groups in total. The Hall–Kier alpha value is -2.29. The van der Waals surface area contributed by atoms with Gasteiger partial charge in [0.2, 0.25) is 0 Å². The van der Waals surface area contributed by atoms with Gasteiger partial charge in [0.15, 0.2) is 0 Å². The molecule has 2 aromatic rings. The third-order valence-electron chi connectivity index (χ3n) is 4.60. The average molecular weight is 326 g/mol. The molecular weight excluding hydrogens is 300 g/mol. The molecule has 3 heteroatoms. The van der Waals surface area contributed by atoms with E-state index < -0.39 is 5.97 Å². The van der Waals surface area contributed by atoms with Crippen LogP contribution in [0, 0.1) is 0 Å². The molecule has 0 aliphatic carbocycles. The predicted molar refractivity (Wildman–Crippen MR) is 97.8 cm³/mol. The third kappa shape index (κ3) is 3.78. The molecule has 0 aromatic heterocycles. The average Bonchev–Trinajstić information content (AvgIpc) is 2.58. The van der Waals surface area contributed by atoms with Crippen LogP contribution in [0.2, 0.25) is 0 Å². The summed E-state index contributed by atoms with van der Waals surface area (Å²) in [5.74, 6) is -0.340. The molecule has 0 aliphatic heterocycles. The lowest BCUT2D eigenvalue weighted by Gasteiger charge is -2.22. The van der Waals surface area contributed by atoms with Crippen molar-refractivity contribution in [1.82, 2.24) is 0 Å². The van der Waals surface area contributed by atoms with Gasteiger partial charge in [0.1, 0.15) is 5.75 Å². The predicted octanol–water partition coefficient (Wildman–Crippen LogP) is 5.61. The Bertz CT molecular complexity index is 702. The molecule has 2 aromatic carbocycles. The highest BCUT2D eigenvalue weighted by molar-refractivity contribution is 5.91. The number of carboxylic acids is 1. The first-order valence-electron chi connectivity index (χ1n) is 8.68. The lowest BCUT2D eigenvalue weighted by molar-refractivity contribution is 0.0695. The van der Waals surface area contributed by atoms with Crippen LogP contribution in [0.15, 0.2) is 36.4 Å². The fraction of sp³-hybridized carbons (Fsp3) is 0.381. The molecule has 0 radical (unpaired) electrons. The van der Waals surface area contributed by atoms with Gasteiger partial charge in [-0.05, 0) is 59.2 Å². The van der Waals surface area contributed by atoms with Crippen molar-refractivity contribution in [3.8, 4) is 16.9 Å². The first kappa shape index (κ1) is 18.1. The number of benzene rings is 2. The second-order valence-electron chi connectivity index (χ2n) is 6.30. The molecule has 0 fully saturated rings. The number of carbonyl (C=O) groups is 1. The lowest BCUT2D eigenvalue weighted by atomic mass is 9.82. The zero-order chi connectivity index (χ0) is 17.7. The molecule has 128 valence electrons. The van der Waals surface area contributed by atoms with Gasteiger partial charge in [0.25, 0.3) is 0 Å². The van der Waals surface area contributed by atoms with Gasteiger partial charge in [-0.25, -0.2) is 4.79 Å². The number of carboxylic acid groups (broad SMARTS) is 1. The van der Waals surface area contributed by atoms with Crippen molar-refractivity contribution in [2.75, 3.05) is 0 Å². The first-order chi connectivity index (χ1) is 11.5. The van der Waals surface area contributed by atoms with Crippen molar-refractivity contribution in [3.63, 3.8) is 0 Å². The number of hydrogen-bond donors (Lipinski definition) is 2. The highest BCUT2D eigenvalue weighted by Crippen LogP contribution is 2.37. The van der Waals surface area contributed by atoms with Crippen LogP contribution in [0.1, 0.15) is 67.4 Å². The van der Waals surface area contributed by atoms with Crippen molar-refractivity contribution >= 4 is 5.97 Å². The normalized spacial score (nSPS) is 12.1. The summed E-state index contributed by atoms with van der Waals surface area (Å²) in [5.41, 5.74) is 4.55. The zero-order valence-electron chi connectivity index (χ0n) is 14.7. The molecule has 0 spiro atoms. The zero-order valence-corrected chi connectivity index (χ0v) is 14.7. The molecule has 0 amide bonds. The van der Waals surface area contributed by atoms with Crippen molar-refractivity contribution in [2.45, 2.75) is 52.4 Å². The number of unbranched alkanes of at least 4 members (excludes halogenated alkanes) is 1. The summed E-state index contributed by atoms with van der Waals surface area (Å²) in [6.07, 6.45) is 3.98. The first-order valence-corrected chi connectivity index (χ1v) is 8.68. The van der Waals surface area contributed by atoms with Crippen LogP contribution in [0.5, 0.6) is 5.75 Å². The highest BCUT2D eigenvalue weighted by Gasteiger charge is 2.21. The molecule has 24 heavy (non-hydrogen) atoms. The van der Waals surface area contributed by atoms with Crippen LogP contribution in [0.4, 0.5) is 0 Å². The highest BCUT2D eigenvalue weighted by atomic mass is 16.4. The molecule has 1 atom stereocenters. The van der Waals surface area contributed by atoms with Crippen molar-refractivity contribution in [3.05, 3.63) is 53.1 Å². The number of phenolic OH excluding ortho intramolecular Hbond substituents is 1. The van der Waals surface area contributed by atoms with E-state index in [9.17, 15) is 15.0 Å². The number of aromatic hydroxyl groups is 1. The van der Waals surface area contributed by atoms with E-state index in [4.69, 9.17) is 0 Å². The van der Waals surface area contributed by atoms with E-state index in [0.29, 0.717) is 17.9 Å². The molecule has 0 saturated carbocycles. The monoisotopic (exact) mass is 326 g/mol. The Balaban J connectivity index is 2.64. The Morgan fingerprint density at radius 1 is 1.08 bits per heavy atom. The topological polar surface area (TPSA) is 57.5 Å². The van der Waals surface area contributed by atoms with Crippen LogP contribution in [0.25, 0.3) is 11.1 Å². The molecule has 2 rings (SSSR count). The fourth-order valence-electron chi connectivity index (χ4n) is 3.36. The fourth-order valence-corrected chi connectivity index (χ4v) is 3.36. The smallest absolute Gasteiger partial charge is 0.335 e. The largest absolute Gasteiger partial charge is 0.508 e. The van der Waals surface area contributed by atoms with Crippen molar-refractivity contribution < 1.29 is 15.0 Å². The van der Waals surface area contributed by atoms with E-state index in [0.717, 1.165) is 41.5 Å². The number of rotatable bonds is 7. The summed E-state index contributed by atoms with van der Waals surface area (Å²) in [5, 5.41) is 19.1. The van der Waals surface area contributed by atoms with Gasteiger partial charge in [0, 0.05) is 0 Å². The third-order valence-corrected chi connectivity index (χ3v) is 4.60. The number of aromatic carboxylic acids is 1. The van der Waals surface area contributed by atoms with Gasteiger partial charge < -0.3 is 10.2 Å². The Morgan fingerprint density at radius 2 is 1.75 bits per heavy atom. The van der Waals surface area contributed by atoms with Gasteiger partial charge in [0.05, 0.1) is 5.56 Å². The van der Waals surface area contributed by atoms with Crippen LogP contribution >= 0.6 is 0 Å². The second-order valence-corrected chi connectivity index (χ2v) is 6.30. The molecular formula is C21H26O3. The van der Waals surface area contributed by atoms with Gasteiger partial charge in [-0.2, -0.15) is 0 Å². The summed E-state index contributed by atoms with van der Waals surface area (Å²) >= 11 is 0. The molecule has 0 heterocycles. The molecule has 0 saturated heterocycles. The van der Waals surface area contributed by atoms with Gasteiger partial charge >= 0.3 is 5.97 Å². The van der Waals surface area contributed by atoms with E-state index in [1.165, 1.54) is 0 Å². The minimum absolute atomic E-state index is 0.234. The van der Waals surface area contributed by atoms with E-state index >= 15 is 0 Å². The quantitative estimate of drug-likeness (QED) is 0.695. The van der Waals surface area contributed by atoms with Gasteiger partial charge in [-0.15, -0.1) is 0 Å². The van der Waals surface area contributed by atoms with Gasteiger partial charge in [-0.3, -0.25) is 0 Å². The summed E-state index contributed by atoms with van der Waals surface area (Å²) in [7, 11) is 0. The number of hydrogen-bond acceptors (Lipinski definition) is 2. The summed E-state index contributed by atoms with van der Waals surface area (Å²) in [6.45, 7) is 6.36. The van der Waals surface area contributed by atoms with E-state index in [2.05, 4.69) is 13.8 Å². The maximum atomic E-state index is 11.6. The SMILES string of the molecule is CCCCC(C)c1c(-c2ccc(O)cc2)ccc(C(=O)O)c1CC.